The van der Waals surface area contributed by atoms with E-state index in [1.165, 1.54) is 50.1 Å². The van der Waals surface area contributed by atoms with Crippen molar-refractivity contribution in [2.45, 2.75) is 38.5 Å². The van der Waals surface area contributed by atoms with E-state index >= 15 is 0 Å². The lowest BCUT2D eigenvalue weighted by molar-refractivity contribution is 0.660. The van der Waals surface area contributed by atoms with E-state index < -0.39 is 0 Å². The summed E-state index contributed by atoms with van der Waals surface area (Å²) in [6, 6.07) is 65.6. The number of rotatable bonds is 6. The summed E-state index contributed by atoms with van der Waals surface area (Å²) in [4.78, 5) is 20.3. The number of fused-ring (bicyclic) bond motifs is 7. The van der Waals surface area contributed by atoms with Crippen molar-refractivity contribution in [1.29, 1.82) is 0 Å². The van der Waals surface area contributed by atoms with Crippen LogP contribution in [0.3, 0.4) is 0 Å². The van der Waals surface area contributed by atoms with Gasteiger partial charge in [-0.1, -0.05) is 161 Å². The maximum atomic E-state index is 5.55. The summed E-state index contributed by atoms with van der Waals surface area (Å²) in [6.45, 7) is 9.40. The molecule has 12 rings (SSSR count). The molecule has 0 atom stereocenters. The molecule has 7 aromatic carbocycles. The van der Waals surface area contributed by atoms with E-state index in [-0.39, 0.29) is 10.8 Å². The molecule has 0 bridgehead atoms. The highest BCUT2D eigenvalue weighted by atomic mass is 14.9. The Morgan fingerprint density at radius 3 is 1.36 bits per heavy atom. The minimum Gasteiger partial charge on any atom is -0.256 e. The zero-order chi connectivity index (χ0) is 43.2. The van der Waals surface area contributed by atoms with Gasteiger partial charge in [-0.05, 0) is 110 Å². The topological polar surface area (TPSA) is 51.6 Å². The van der Waals surface area contributed by atoms with Gasteiger partial charge in [-0.25, -0.2) is 9.97 Å². The maximum absolute atomic E-state index is 5.55. The van der Waals surface area contributed by atoms with E-state index in [0.29, 0.717) is 5.82 Å². The standard InChI is InChI=1S/C60H44N4/c1-59(2)50-15-7-5-13-44(50)46-29-27-41(35-52(46)59)43-33-48(42-28-30-47-45-14-6-8-16-51(45)60(3,4)53(47)36-42)57-49(34-43)56(39-23-19-37(20-24-39)54-17-9-11-31-61-54)63-58(64-57)40-25-21-38(22-26-40)55-18-10-12-32-62-55/h5-36H,1-4H3. The molecule has 0 amide bonds. The minimum atomic E-state index is -0.161. The highest BCUT2D eigenvalue weighted by Crippen LogP contribution is 2.52. The fourth-order valence-electron chi connectivity index (χ4n) is 10.4. The SMILES string of the molecule is CC1(C)c2ccccc2-c2ccc(-c3cc(-c4ccc5c(c4)C(C)(C)c4ccccc4-5)c4nc(-c5ccc(-c6ccccn6)cc5)nc(-c5ccc(-c6ccccn6)cc5)c4c3)cc21. The van der Waals surface area contributed by atoms with E-state index in [1.807, 2.05) is 48.8 Å². The number of pyridine rings is 2. The van der Waals surface area contributed by atoms with Crippen molar-refractivity contribution >= 4 is 10.9 Å². The summed E-state index contributed by atoms with van der Waals surface area (Å²) in [6.07, 6.45) is 3.67. The first-order valence-corrected chi connectivity index (χ1v) is 22.1. The molecule has 0 radical (unpaired) electrons. The molecule has 3 heterocycles. The van der Waals surface area contributed by atoms with Crippen molar-refractivity contribution in [3.05, 3.63) is 217 Å². The van der Waals surface area contributed by atoms with Gasteiger partial charge in [-0.2, -0.15) is 0 Å². The predicted octanol–water partition coefficient (Wildman–Crippen LogP) is 15.0. The molecule has 2 aliphatic rings. The second-order valence-corrected chi connectivity index (χ2v) is 18.3. The summed E-state index contributed by atoms with van der Waals surface area (Å²) in [5.74, 6) is 0.670. The molecule has 0 spiro atoms. The lowest BCUT2D eigenvalue weighted by Crippen LogP contribution is -2.15. The summed E-state index contributed by atoms with van der Waals surface area (Å²) in [7, 11) is 0. The molecule has 10 aromatic rings. The lowest BCUT2D eigenvalue weighted by Gasteiger charge is -2.23. The van der Waals surface area contributed by atoms with E-state index in [2.05, 4.69) is 183 Å². The van der Waals surface area contributed by atoms with Crippen LogP contribution in [0.5, 0.6) is 0 Å². The van der Waals surface area contributed by atoms with Gasteiger partial charge in [0.05, 0.1) is 22.6 Å². The van der Waals surface area contributed by atoms with Crippen LogP contribution >= 0.6 is 0 Å². The van der Waals surface area contributed by atoms with Crippen molar-refractivity contribution in [3.8, 4) is 89.7 Å². The Balaban J connectivity index is 1.11. The molecule has 0 N–H and O–H groups in total. The third-order valence-corrected chi connectivity index (χ3v) is 13.8. The van der Waals surface area contributed by atoms with Crippen LogP contribution in [-0.2, 0) is 10.8 Å². The molecule has 0 aliphatic heterocycles. The maximum Gasteiger partial charge on any atom is 0.160 e. The Labute approximate surface area is 374 Å². The molecule has 64 heavy (non-hydrogen) atoms. The van der Waals surface area contributed by atoms with Gasteiger partial charge in [-0.15, -0.1) is 0 Å². The Morgan fingerprint density at radius 1 is 0.328 bits per heavy atom. The quantitative estimate of drug-likeness (QED) is 0.168. The summed E-state index contributed by atoms with van der Waals surface area (Å²) in [5, 5.41) is 0.998. The van der Waals surface area contributed by atoms with Gasteiger partial charge < -0.3 is 0 Å². The summed E-state index contributed by atoms with van der Waals surface area (Å²) < 4.78 is 0. The van der Waals surface area contributed by atoms with E-state index in [0.717, 1.165) is 66.9 Å². The molecule has 0 fully saturated rings. The monoisotopic (exact) mass is 820 g/mol. The average Bonchev–Trinajstić information content (AvgIpc) is 3.72. The smallest absolute Gasteiger partial charge is 0.160 e. The third kappa shape index (κ3) is 5.97. The van der Waals surface area contributed by atoms with Gasteiger partial charge in [0.15, 0.2) is 5.82 Å². The Bertz CT molecular complexity index is 3460. The number of nitrogens with zero attached hydrogens (tertiary/aromatic N) is 4. The predicted molar refractivity (Wildman–Crippen MR) is 263 cm³/mol. The number of benzene rings is 7. The zero-order valence-corrected chi connectivity index (χ0v) is 36.3. The van der Waals surface area contributed by atoms with Gasteiger partial charge in [0, 0.05) is 56.4 Å². The number of aromatic nitrogens is 4. The van der Waals surface area contributed by atoms with E-state index in [4.69, 9.17) is 9.97 Å². The molecule has 0 unspecified atom stereocenters. The van der Waals surface area contributed by atoms with Crippen LogP contribution in [0, 0.1) is 0 Å². The Hall–Kier alpha value is -7.82. The van der Waals surface area contributed by atoms with Crippen LogP contribution in [0.2, 0.25) is 0 Å². The first-order valence-electron chi connectivity index (χ1n) is 22.1. The summed E-state index contributed by atoms with van der Waals surface area (Å²) in [5.41, 5.74) is 22.5. The second-order valence-electron chi connectivity index (χ2n) is 18.3. The fourth-order valence-corrected chi connectivity index (χ4v) is 10.4. The van der Waals surface area contributed by atoms with Gasteiger partial charge in [-0.3, -0.25) is 9.97 Å². The lowest BCUT2D eigenvalue weighted by atomic mass is 9.81. The van der Waals surface area contributed by atoms with Gasteiger partial charge in [0.1, 0.15) is 0 Å². The van der Waals surface area contributed by atoms with Crippen molar-refractivity contribution < 1.29 is 0 Å². The highest BCUT2D eigenvalue weighted by molar-refractivity contribution is 6.05. The minimum absolute atomic E-state index is 0.132. The number of hydrogen-bond acceptors (Lipinski definition) is 4. The van der Waals surface area contributed by atoms with Gasteiger partial charge in [0.2, 0.25) is 0 Å². The molecule has 304 valence electrons. The molecule has 4 nitrogen and oxygen atoms in total. The van der Waals surface area contributed by atoms with Crippen molar-refractivity contribution in [2.75, 3.05) is 0 Å². The molecular formula is C60H44N4. The zero-order valence-electron chi connectivity index (χ0n) is 36.3. The second kappa shape index (κ2) is 14.4. The normalized spacial score (nSPS) is 13.9. The largest absolute Gasteiger partial charge is 0.256 e. The van der Waals surface area contributed by atoms with Crippen LogP contribution in [-0.4, -0.2) is 19.9 Å². The average molecular weight is 821 g/mol. The first-order chi connectivity index (χ1) is 31.2. The van der Waals surface area contributed by atoms with E-state index in [9.17, 15) is 0 Å². The van der Waals surface area contributed by atoms with E-state index in [1.54, 1.807) is 0 Å². The molecule has 3 aromatic heterocycles. The molecule has 0 saturated heterocycles. The fraction of sp³-hybridized carbons (Fsp3) is 0.100. The van der Waals surface area contributed by atoms with Gasteiger partial charge >= 0.3 is 0 Å². The van der Waals surface area contributed by atoms with Crippen LogP contribution in [0.1, 0.15) is 49.9 Å². The molecule has 0 saturated carbocycles. The highest BCUT2D eigenvalue weighted by Gasteiger charge is 2.37. The van der Waals surface area contributed by atoms with Crippen molar-refractivity contribution in [1.82, 2.24) is 19.9 Å². The van der Waals surface area contributed by atoms with Gasteiger partial charge in [0.25, 0.3) is 0 Å². The molecular weight excluding hydrogens is 777 g/mol. The van der Waals surface area contributed by atoms with Crippen LogP contribution in [0.15, 0.2) is 194 Å². The van der Waals surface area contributed by atoms with Crippen molar-refractivity contribution in [2.24, 2.45) is 0 Å². The van der Waals surface area contributed by atoms with Crippen LogP contribution in [0.4, 0.5) is 0 Å². The first kappa shape index (κ1) is 37.9. The molecule has 2 aliphatic carbocycles. The third-order valence-electron chi connectivity index (χ3n) is 13.8. The molecule has 4 heteroatoms. The Kier molecular flexibility index (Phi) is 8.51. The van der Waals surface area contributed by atoms with Crippen LogP contribution < -0.4 is 0 Å². The Morgan fingerprint density at radius 2 is 0.797 bits per heavy atom. The summed E-state index contributed by atoms with van der Waals surface area (Å²) >= 11 is 0. The van der Waals surface area contributed by atoms with Crippen molar-refractivity contribution in [3.63, 3.8) is 0 Å². The number of hydrogen-bond donors (Lipinski definition) is 0. The van der Waals surface area contributed by atoms with Crippen LogP contribution in [0.25, 0.3) is 101 Å².